The molecule has 1 rings (SSSR count). The fourth-order valence-corrected chi connectivity index (χ4v) is 0.580. The Balaban J connectivity index is 0.000000461. The Morgan fingerprint density at radius 2 is 1.82 bits per heavy atom. The summed E-state index contributed by atoms with van der Waals surface area (Å²) in [4.78, 5) is 11.4. The van der Waals surface area contributed by atoms with Crippen LogP contribution in [0.3, 0.4) is 0 Å². The van der Waals surface area contributed by atoms with Gasteiger partial charge in [-0.25, -0.2) is 4.39 Å². The molecule has 0 fully saturated rings. The molecule has 0 atom stereocenters. The minimum atomic E-state index is -0.326. The zero-order chi connectivity index (χ0) is 8.69. The number of rotatable bonds is 1. The van der Waals surface area contributed by atoms with Crippen molar-refractivity contribution in [3.05, 3.63) is 30.1 Å². The summed E-state index contributed by atoms with van der Waals surface area (Å²) in [6.45, 7) is 5.20. The molecule has 11 heavy (non-hydrogen) atoms. The van der Waals surface area contributed by atoms with Crippen LogP contribution >= 0.6 is 0 Å². The molecule has 0 aliphatic rings. The quantitative estimate of drug-likeness (QED) is 0.567. The highest BCUT2D eigenvalue weighted by molar-refractivity contribution is 5.45. The third-order valence-corrected chi connectivity index (χ3v) is 1.02. The van der Waals surface area contributed by atoms with Crippen LogP contribution in [0.5, 0.6) is 0 Å². The fourth-order valence-electron chi connectivity index (χ4n) is 0.580. The summed E-state index contributed by atoms with van der Waals surface area (Å²) in [7, 11) is 0. The number of benzene rings is 1. The van der Waals surface area contributed by atoms with Gasteiger partial charge in [0.2, 0.25) is 0 Å². The average Bonchev–Trinajstić information content (AvgIpc) is 2.09. The molecule has 0 aliphatic carbocycles. The van der Waals surface area contributed by atoms with Crippen LogP contribution in [0.1, 0.15) is 0 Å². The van der Waals surface area contributed by atoms with Crippen LogP contribution < -0.4 is 0 Å². The molecule has 0 bridgehead atoms. The second kappa shape index (κ2) is 5.29. The summed E-state index contributed by atoms with van der Waals surface area (Å²) in [6, 6.07) is 6.25. The highest BCUT2D eigenvalue weighted by atomic mass is 19.1. The van der Waals surface area contributed by atoms with Gasteiger partial charge in [-0.1, -0.05) is 12.1 Å². The molecule has 0 spiro atoms. The third-order valence-electron chi connectivity index (χ3n) is 1.02. The van der Waals surface area contributed by atoms with Gasteiger partial charge in [0.15, 0.2) is 0 Å². The lowest BCUT2D eigenvalue weighted by atomic mass is 10.3. The molecule has 2 nitrogen and oxygen atoms in total. The number of carbonyl (C=O) groups is 1. The van der Waals surface area contributed by atoms with E-state index in [4.69, 9.17) is 4.79 Å². The van der Waals surface area contributed by atoms with Crippen LogP contribution in [0.15, 0.2) is 29.3 Å². The summed E-state index contributed by atoms with van der Waals surface area (Å²) in [6.07, 6.45) is 0. The number of carbonyl (C=O) groups excluding carboxylic acids is 1. The molecule has 58 valence electrons. The molecule has 0 unspecified atom stereocenters. The van der Waals surface area contributed by atoms with Gasteiger partial charge in [-0.3, -0.25) is 4.99 Å². The molecule has 1 aromatic rings. The van der Waals surface area contributed by atoms with Crippen LogP contribution in [0.4, 0.5) is 10.1 Å². The first-order valence-electron chi connectivity index (χ1n) is 2.84. The van der Waals surface area contributed by atoms with E-state index in [2.05, 4.69) is 11.7 Å². The molecule has 0 aromatic heterocycles. The summed E-state index contributed by atoms with van der Waals surface area (Å²) >= 11 is 0. The maximum atomic E-state index is 12.5. The number of aliphatic imine (C=N–C) groups is 1. The molecule has 3 heteroatoms. The van der Waals surface area contributed by atoms with Crippen LogP contribution in [-0.2, 0) is 4.79 Å². The first kappa shape index (κ1) is 9.49. The molecule has 0 aliphatic heterocycles. The number of hydrogen-bond donors (Lipinski definition) is 0. The average molecular weight is 153 g/mol. The number of hydrogen-bond acceptors (Lipinski definition) is 2. The first-order chi connectivity index (χ1) is 5.34. The monoisotopic (exact) mass is 153 g/mol. The summed E-state index contributed by atoms with van der Waals surface area (Å²) in [5, 5.41) is 0. The van der Waals surface area contributed by atoms with E-state index in [-0.39, 0.29) is 5.82 Å². The van der Waals surface area contributed by atoms with Gasteiger partial charge in [0, 0.05) is 0 Å². The first-order valence-corrected chi connectivity index (χ1v) is 2.84. The van der Waals surface area contributed by atoms with E-state index >= 15 is 0 Å². The Hall–Kier alpha value is -1.51. The van der Waals surface area contributed by atoms with Crippen molar-refractivity contribution in [2.24, 2.45) is 4.99 Å². The van der Waals surface area contributed by atoms with Crippen molar-refractivity contribution in [3.8, 4) is 0 Å². The molecule has 0 N–H and O–H groups in total. The maximum Gasteiger partial charge on any atom is 0.148 e. The fraction of sp³-hybridized carbons (Fsp3) is 0. The predicted molar refractivity (Wildman–Crippen MR) is 42.7 cm³/mol. The number of halogens is 1. The van der Waals surface area contributed by atoms with Gasteiger partial charge in [0.05, 0.1) is 5.69 Å². The van der Waals surface area contributed by atoms with Crippen molar-refractivity contribution in [1.82, 2.24) is 0 Å². The molecular weight excluding hydrogens is 145 g/mol. The van der Waals surface area contributed by atoms with E-state index in [9.17, 15) is 4.39 Å². The number of nitrogens with zero attached hydrogens (tertiary/aromatic N) is 1. The van der Waals surface area contributed by atoms with Crippen molar-refractivity contribution in [2.75, 3.05) is 0 Å². The lowest BCUT2D eigenvalue weighted by Gasteiger charge is -1.90. The Morgan fingerprint density at radius 3 is 2.18 bits per heavy atom. The second-order valence-electron chi connectivity index (χ2n) is 1.61. The van der Waals surface area contributed by atoms with Gasteiger partial charge in [0.25, 0.3) is 0 Å². The Bertz CT molecular complexity index is 237. The van der Waals surface area contributed by atoms with E-state index in [0.717, 1.165) is 0 Å². The SMILES string of the molecule is C=Nc1ccccc1F.C=O. The number of para-hydroxylation sites is 1. The zero-order valence-corrected chi connectivity index (χ0v) is 5.96. The molecule has 0 radical (unpaired) electrons. The normalized spacial score (nSPS) is 7.73. The molecule has 0 heterocycles. The van der Waals surface area contributed by atoms with Gasteiger partial charge in [0.1, 0.15) is 12.6 Å². The van der Waals surface area contributed by atoms with Crippen molar-refractivity contribution < 1.29 is 9.18 Å². The van der Waals surface area contributed by atoms with E-state index < -0.39 is 0 Å². The van der Waals surface area contributed by atoms with Gasteiger partial charge in [-0.05, 0) is 18.9 Å². The molecule has 0 amide bonds. The molecule has 1 aromatic carbocycles. The van der Waals surface area contributed by atoms with Crippen LogP contribution in [0, 0.1) is 5.82 Å². The van der Waals surface area contributed by atoms with E-state index in [1.54, 1.807) is 18.2 Å². The largest absolute Gasteiger partial charge is 0.307 e. The Morgan fingerprint density at radius 1 is 1.27 bits per heavy atom. The minimum Gasteiger partial charge on any atom is -0.307 e. The summed E-state index contributed by atoms with van der Waals surface area (Å²) < 4.78 is 12.5. The topological polar surface area (TPSA) is 29.4 Å². The van der Waals surface area contributed by atoms with Gasteiger partial charge in [-0.2, -0.15) is 0 Å². The van der Waals surface area contributed by atoms with Crippen molar-refractivity contribution in [2.45, 2.75) is 0 Å². The molecule has 0 saturated carbocycles. The van der Waals surface area contributed by atoms with E-state index in [1.807, 2.05) is 6.79 Å². The van der Waals surface area contributed by atoms with E-state index in [1.165, 1.54) is 6.07 Å². The maximum absolute atomic E-state index is 12.5. The molecular formula is C8H8FNO. The van der Waals surface area contributed by atoms with Crippen molar-refractivity contribution in [1.29, 1.82) is 0 Å². The minimum absolute atomic E-state index is 0.303. The van der Waals surface area contributed by atoms with Gasteiger partial charge < -0.3 is 4.79 Å². The molecule has 0 saturated heterocycles. The highest BCUT2D eigenvalue weighted by Crippen LogP contribution is 2.14. The predicted octanol–water partition coefficient (Wildman–Crippen LogP) is 1.97. The zero-order valence-electron chi connectivity index (χ0n) is 5.96. The summed E-state index contributed by atoms with van der Waals surface area (Å²) in [5.41, 5.74) is 0.303. The van der Waals surface area contributed by atoms with E-state index in [0.29, 0.717) is 5.69 Å². The van der Waals surface area contributed by atoms with Crippen LogP contribution in [0.2, 0.25) is 0 Å². The standard InChI is InChI=1S/C7H6FN.CH2O/c1-9-7-5-3-2-4-6(7)8;1-2/h2-5H,1H2;1H2. The Labute approximate surface area is 64.4 Å². The smallest absolute Gasteiger partial charge is 0.148 e. The van der Waals surface area contributed by atoms with Gasteiger partial charge in [-0.15, -0.1) is 0 Å². The van der Waals surface area contributed by atoms with Crippen LogP contribution in [0.25, 0.3) is 0 Å². The van der Waals surface area contributed by atoms with Crippen molar-refractivity contribution >= 4 is 19.2 Å². The van der Waals surface area contributed by atoms with Crippen molar-refractivity contribution in [3.63, 3.8) is 0 Å². The van der Waals surface area contributed by atoms with Crippen LogP contribution in [-0.4, -0.2) is 13.5 Å². The lowest BCUT2D eigenvalue weighted by molar-refractivity contribution is -0.0979. The second-order valence-corrected chi connectivity index (χ2v) is 1.61. The Kier molecular flexibility index (Phi) is 4.56. The third kappa shape index (κ3) is 2.71. The lowest BCUT2D eigenvalue weighted by Crippen LogP contribution is -1.70. The highest BCUT2D eigenvalue weighted by Gasteiger charge is 1.92. The summed E-state index contributed by atoms with van der Waals surface area (Å²) in [5.74, 6) is -0.326. The van der Waals surface area contributed by atoms with Gasteiger partial charge >= 0.3 is 0 Å².